The number of amides is 3. The van der Waals surface area contributed by atoms with Crippen molar-refractivity contribution in [1.82, 2.24) is 30.0 Å². The lowest BCUT2D eigenvalue weighted by Crippen LogP contribution is -2.47. The fourth-order valence-electron chi connectivity index (χ4n) is 6.17. The van der Waals surface area contributed by atoms with E-state index in [0.29, 0.717) is 45.5 Å². The van der Waals surface area contributed by atoms with Crippen molar-refractivity contribution in [2.24, 2.45) is 7.05 Å². The van der Waals surface area contributed by atoms with Crippen LogP contribution < -0.4 is 16.0 Å². The molecule has 13 nitrogen and oxygen atoms in total. The van der Waals surface area contributed by atoms with Gasteiger partial charge in [0.25, 0.3) is 11.8 Å². The van der Waals surface area contributed by atoms with E-state index in [4.69, 9.17) is 29.6 Å². The van der Waals surface area contributed by atoms with Gasteiger partial charge in [0, 0.05) is 100 Å². The summed E-state index contributed by atoms with van der Waals surface area (Å²) in [5.74, 6) is -3.47. The first-order valence-electron chi connectivity index (χ1n) is 17.5. The number of nitrogens with zero attached hydrogens (tertiary/aromatic N) is 4. The number of imidazole rings is 1. The quantitative estimate of drug-likeness (QED) is 0.102. The first-order chi connectivity index (χ1) is 25.8. The maximum Gasteiger partial charge on any atom is 0.291 e. The van der Waals surface area contributed by atoms with Crippen molar-refractivity contribution in [3.8, 4) is 11.3 Å². The summed E-state index contributed by atoms with van der Waals surface area (Å²) in [4.78, 5) is 46.6. The molecule has 2 radical (unpaired) electrons. The van der Waals surface area contributed by atoms with E-state index in [0.717, 1.165) is 0 Å². The highest BCUT2D eigenvalue weighted by molar-refractivity contribution is 6.34. The highest BCUT2D eigenvalue weighted by Crippen LogP contribution is 2.31. The standard InChI is InChI=1S/C37H46BClF2N8O5/c1-22(42)29(20-47(2)14-16-54-4)26-7-8-28(34(41)33(26)40)31-19-43-35(48(31)3)36(52)46-25-5-6-27(30(39)17-25)37(53)49-12-9-23(10-13-49)45-32(51)18-24(11-15-50)44-21-38/h5-8,17,19-20,23-24,42,44,50H,9-16,18,21H2,1-4H3,(H,45,51)(H,46,52)/b29-20+,42-22?. The smallest absolute Gasteiger partial charge is 0.291 e. The number of allylic oxidation sites excluding steroid dienone is 1. The van der Waals surface area contributed by atoms with Gasteiger partial charge in [-0.2, -0.15) is 0 Å². The lowest BCUT2D eigenvalue weighted by molar-refractivity contribution is -0.122. The van der Waals surface area contributed by atoms with Gasteiger partial charge in [0.2, 0.25) is 5.91 Å². The van der Waals surface area contributed by atoms with E-state index >= 15 is 8.78 Å². The van der Waals surface area contributed by atoms with Crippen LogP contribution in [0.15, 0.2) is 42.7 Å². The number of anilines is 1. The van der Waals surface area contributed by atoms with Crippen LogP contribution in [0.1, 0.15) is 59.1 Å². The Labute approximate surface area is 320 Å². The van der Waals surface area contributed by atoms with Gasteiger partial charge >= 0.3 is 0 Å². The van der Waals surface area contributed by atoms with Crippen molar-refractivity contribution in [3.05, 3.63) is 76.3 Å². The molecule has 1 aromatic heterocycles. The van der Waals surface area contributed by atoms with Gasteiger partial charge in [0.05, 0.1) is 36.9 Å². The monoisotopic (exact) mass is 766 g/mol. The number of hydrogen-bond donors (Lipinski definition) is 5. The third-order valence-electron chi connectivity index (χ3n) is 9.16. The van der Waals surface area contributed by atoms with Gasteiger partial charge in [0.15, 0.2) is 17.5 Å². The molecule has 54 heavy (non-hydrogen) atoms. The second-order valence-corrected chi connectivity index (χ2v) is 13.5. The molecular formula is C37H46BClF2N8O5. The van der Waals surface area contributed by atoms with E-state index in [1.807, 2.05) is 0 Å². The van der Waals surface area contributed by atoms with Crippen molar-refractivity contribution < 1.29 is 33.0 Å². The minimum atomic E-state index is -1.15. The molecule has 4 rings (SSSR count). The zero-order chi connectivity index (χ0) is 39.5. The Hall–Kier alpha value is -4.64. The average Bonchev–Trinajstić information content (AvgIpc) is 3.52. The number of aliphatic hydroxyl groups excluding tert-OH is 1. The topological polar surface area (TPSA) is 165 Å². The Morgan fingerprint density at radius 1 is 1.19 bits per heavy atom. The molecule has 1 aliphatic rings. The van der Waals surface area contributed by atoms with Gasteiger partial charge in [0.1, 0.15) is 0 Å². The Morgan fingerprint density at radius 2 is 1.89 bits per heavy atom. The Balaban J connectivity index is 1.40. The van der Waals surface area contributed by atoms with E-state index in [2.05, 4.69) is 20.9 Å². The highest BCUT2D eigenvalue weighted by Gasteiger charge is 2.27. The Kier molecular flexibility index (Phi) is 15.3. The molecule has 0 aliphatic carbocycles. The van der Waals surface area contributed by atoms with E-state index < -0.39 is 17.5 Å². The number of nitrogens with one attached hydrogen (secondary N) is 4. The van der Waals surface area contributed by atoms with Crippen LogP contribution in [-0.4, -0.2) is 121 Å². The van der Waals surface area contributed by atoms with Crippen LogP contribution in [-0.2, 0) is 16.6 Å². The van der Waals surface area contributed by atoms with Gasteiger partial charge in [-0.05, 0) is 56.9 Å². The van der Waals surface area contributed by atoms with Gasteiger partial charge in [-0.15, -0.1) is 0 Å². The summed E-state index contributed by atoms with van der Waals surface area (Å²) in [7, 11) is 10.3. The SMILES string of the molecule is [B]CNC(CCO)CC(=O)NC1CCN(C(=O)c2ccc(NC(=O)c3ncc(-c4ccc(/C(=C/N(C)CCOC)C(C)=N)c(F)c4F)n3C)cc2Cl)CC1. The third-order valence-corrected chi connectivity index (χ3v) is 9.47. The van der Waals surface area contributed by atoms with Crippen LogP contribution >= 0.6 is 11.6 Å². The molecule has 3 aromatic rings. The number of likely N-dealkylation sites (tertiary alicyclic amines) is 1. The van der Waals surface area contributed by atoms with Crippen molar-refractivity contribution in [3.63, 3.8) is 0 Å². The second kappa shape index (κ2) is 19.6. The molecule has 1 atom stereocenters. The van der Waals surface area contributed by atoms with Crippen LogP contribution in [0.2, 0.25) is 5.02 Å². The number of halogens is 3. The number of benzene rings is 2. The van der Waals surface area contributed by atoms with Crippen LogP contribution in [0.25, 0.3) is 16.8 Å². The molecule has 1 aliphatic heterocycles. The van der Waals surface area contributed by atoms with Crippen molar-refractivity contribution in [2.75, 3.05) is 58.8 Å². The molecule has 1 unspecified atom stereocenters. The van der Waals surface area contributed by atoms with Gasteiger partial charge in [-0.25, -0.2) is 13.8 Å². The van der Waals surface area contributed by atoms with Gasteiger partial charge < -0.3 is 45.6 Å². The third kappa shape index (κ3) is 10.5. The summed E-state index contributed by atoms with van der Waals surface area (Å²) in [5, 5.41) is 26.1. The lowest BCUT2D eigenvalue weighted by Gasteiger charge is -2.33. The number of carbonyl (C=O) groups excluding carboxylic acids is 3. The van der Waals surface area contributed by atoms with Crippen molar-refractivity contribution in [1.29, 1.82) is 5.41 Å². The maximum atomic E-state index is 15.6. The molecule has 1 fully saturated rings. The predicted molar refractivity (Wildman–Crippen MR) is 205 cm³/mol. The maximum absolute atomic E-state index is 15.6. The molecule has 3 amide bonds. The Morgan fingerprint density at radius 3 is 2.52 bits per heavy atom. The molecule has 0 spiro atoms. The first kappa shape index (κ1) is 42.1. The number of rotatable bonds is 17. The average molecular weight is 767 g/mol. The van der Waals surface area contributed by atoms with Crippen molar-refractivity contribution >= 4 is 54.1 Å². The summed E-state index contributed by atoms with van der Waals surface area (Å²) in [5.41, 5.74) is 0.732. The van der Waals surface area contributed by atoms with E-state index in [1.165, 1.54) is 55.1 Å². The molecule has 2 heterocycles. The number of ether oxygens (including phenoxy) is 1. The van der Waals surface area contributed by atoms with Gasteiger partial charge in [-0.3, -0.25) is 14.4 Å². The molecule has 0 bridgehead atoms. The minimum absolute atomic E-state index is 0.0480. The van der Waals surface area contributed by atoms with Crippen molar-refractivity contribution in [2.45, 2.75) is 44.7 Å². The summed E-state index contributed by atoms with van der Waals surface area (Å²) < 4.78 is 37.5. The fourth-order valence-corrected chi connectivity index (χ4v) is 6.44. The molecule has 1 saturated heterocycles. The van der Waals surface area contributed by atoms with E-state index in [9.17, 15) is 19.5 Å². The van der Waals surface area contributed by atoms with Crippen LogP contribution in [0, 0.1) is 17.0 Å². The first-order valence-corrected chi connectivity index (χ1v) is 17.9. The molecule has 288 valence electrons. The minimum Gasteiger partial charge on any atom is -0.396 e. The number of aliphatic hydroxyl groups is 1. The summed E-state index contributed by atoms with van der Waals surface area (Å²) in [6.45, 7) is 3.13. The summed E-state index contributed by atoms with van der Waals surface area (Å²) in [6.07, 6.45) is 4.73. The van der Waals surface area contributed by atoms with E-state index in [-0.39, 0.29) is 93.6 Å². The lowest BCUT2D eigenvalue weighted by atomic mass is 9.99. The summed E-state index contributed by atoms with van der Waals surface area (Å²) >= 11 is 6.51. The zero-order valence-electron chi connectivity index (χ0n) is 30.8. The number of methoxy groups -OCH3 is 1. The molecule has 0 saturated carbocycles. The van der Waals surface area contributed by atoms with E-state index in [1.54, 1.807) is 30.2 Å². The van der Waals surface area contributed by atoms with Crippen LogP contribution in [0.5, 0.6) is 0 Å². The largest absolute Gasteiger partial charge is 0.396 e. The summed E-state index contributed by atoms with van der Waals surface area (Å²) in [6, 6.07) is 6.92. The van der Waals surface area contributed by atoms with Crippen LogP contribution in [0.4, 0.5) is 14.5 Å². The molecule has 17 heteroatoms. The number of piperidine rings is 1. The highest BCUT2D eigenvalue weighted by atomic mass is 35.5. The number of aromatic nitrogens is 2. The normalized spacial score (nSPS) is 14.1. The second-order valence-electron chi connectivity index (χ2n) is 13.1. The molecular weight excluding hydrogens is 721 g/mol. The predicted octanol–water partition coefficient (Wildman–Crippen LogP) is 3.81. The fraction of sp³-hybridized carbons (Fsp3) is 0.432. The molecule has 5 N–H and O–H groups in total. The Bertz CT molecular complexity index is 1860. The number of hydrogen-bond acceptors (Lipinski definition) is 9. The van der Waals surface area contributed by atoms with Gasteiger partial charge in [-0.1, -0.05) is 17.7 Å². The van der Waals surface area contributed by atoms with Crippen LogP contribution in [0.3, 0.4) is 0 Å². The number of likely N-dealkylation sites (N-methyl/N-ethyl adjacent to an activating group) is 1. The molecule has 2 aromatic carbocycles. The zero-order valence-corrected chi connectivity index (χ0v) is 31.6. The number of carbonyl (C=O) groups is 3.